The van der Waals surface area contributed by atoms with E-state index in [0.29, 0.717) is 10.3 Å². The van der Waals surface area contributed by atoms with Crippen LogP contribution in [-0.4, -0.2) is 20.1 Å². The molecule has 1 N–H and O–H groups in total. The zero-order valence-electron chi connectivity index (χ0n) is 9.98. The summed E-state index contributed by atoms with van der Waals surface area (Å²) >= 11 is 3.31. The fraction of sp³-hybridized carbons (Fsp3) is 0.333. The lowest BCUT2D eigenvalue weighted by Crippen LogP contribution is -2.10. The van der Waals surface area contributed by atoms with Crippen LogP contribution in [-0.2, 0) is 7.05 Å². The topological polar surface area (TPSA) is 50.9 Å². The summed E-state index contributed by atoms with van der Waals surface area (Å²) in [7, 11) is 1.77. The minimum atomic E-state index is -0.717. The minimum Gasteiger partial charge on any atom is -0.382 e. The van der Waals surface area contributed by atoms with Gasteiger partial charge in [-0.25, -0.2) is 4.68 Å². The van der Waals surface area contributed by atoms with Crippen LogP contribution in [0.15, 0.2) is 22.8 Å². The monoisotopic (exact) mass is 295 g/mol. The third-order valence-electron chi connectivity index (χ3n) is 2.90. The lowest BCUT2D eigenvalue weighted by Gasteiger charge is -2.16. The molecule has 0 spiro atoms. The van der Waals surface area contributed by atoms with Gasteiger partial charge in [-0.15, -0.1) is 5.10 Å². The van der Waals surface area contributed by atoms with Gasteiger partial charge in [0.2, 0.25) is 0 Å². The molecule has 90 valence electrons. The van der Waals surface area contributed by atoms with Gasteiger partial charge < -0.3 is 5.11 Å². The number of benzene rings is 1. The van der Waals surface area contributed by atoms with E-state index in [0.717, 1.165) is 16.7 Å². The van der Waals surface area contributed by atoms with Crippen molar-refractivity contribution in [1.82, 2.24) is 15.0 Å². The molecule has 0 aliphatic heterocycles. The number of hydrogen-bond acceptors (Lipinski definition) is 3. The molecule has 17 heavy (non-hydrogen) atoms. The first-order valence-corrected chi connectivity index (χ1v) is 6.11. The molecule has 1 aromatic carbocycles. The average Bonchev–Trinajstić information content (AvgIpc) is 2.58. The Morgan fingerprint density at radius 2 is 1.88 bits per heavy atom. The van der Waals surface area contributed by atoms with Crippen molar-refractivity contribution in [2.24, 2.45) is 7.05 Å². The number of aryl methyl sites for hydroxylation is 3. The number of aromatic nitrogens is 3. The maximum absolute atomic E-state index is 10.5. The highest BCUT2D eigenvalue weighted by Crippen LogP contribution is 2.30. The summed E-state index contributed by atoms with van der Waals surface area (Å²) in [5.41, 5.74) is 3.71. The Hall–Kier alpha value is -1.20. The molecule has 4 nitrogen and oxygen atoms in total. The normalized spacial score (nSPS) is 12.8. The van der Waals surface area contributed by atoms with E-state index < -0.39 is 6.10 Å². The van der Waals surface area contributed by atoms with E-state index in [1.165, 1.54) is 0 Å². The summed E-state index contributed by atoms with van der Waals surface area (Å²) in [4.78, 5) is 0. The SMILES string of the molecule is Cc1cccc(C)c1C(O)c1c(Br)nnn1C. The number of aliphatic hydroxyl groups is 1. The van der Waals surface area contributed by atoms with Crippen LogP contribution in [0.1, 0.15) is 28.5 Å². The zero-order chi connectivity index (χ0) is 12.6. The van der Waals surface area contributed by atoms with Crippen LogP contribution in [0.3, 0.4) is 0 Å². The van der Waals surface area contributed by atoms with Crippen molar-refractivity contribution in [2.75, 3.05) is 0 Å². The smallest absolute Gasteiger partial charge is 0.154 e. The van der Waals surface area contributed by atoms with E-state index in [2.05, 4.69) is 26.2 Å². The van der Waals surface area contributed by atoms with E-state index >= 15 is 0 Å². The van der Waals surface area contributed by atoms with E-state index in [9.17, 15) is 5.11 Å². The van der Waals surface area contributed by atoms with Gasteiger partial charge >= 0.3 is 0 Å². The predicted molar refractivity (Wildman–Crippen MR) is 68.7 cm³/mol. The van der Waals surface area contributed by atoms with Crippen molar-refractivity contribution in [3.63, 3.8) is 0 Å². The second-order valence-corrected chi connectivity index (χ2v) is 4.85. The largest absolute Gasteiger partial charge is 0.382 e. The second-order valence-electron chi connectivity index (χ2n) is 4.10. The van der Waals surface area contributed by atoms with E-state index in [1.807, 2.05) is 32.0 Å². The third kappa shape index (κ3) is 2.12. The maximum Gasteiger partial charge on any atom is 0.154 e. The fourth-order valence-electron chi connectivity index (χ4n) is 2.02. The molecular formula is C12H14BrN3O. The first-order valence-electron chi connectivity index (χ1n) is 5.31. The fourth-order valence-corrected chi connectivity index (χ4v) is 2.57. The van der Waals surface area contributed by atoms with Crippen LogP contribution < -0.4 is 0 Å². The van der Waals surface area contributed by atoms with Crippen molar-refractivity contribution >= 4 is 15.9 Å². The van der Waals surface area contributed by atoms with Gasteiger partial charge in [0.05, 0.1) is 0 Å². The number of rotatable bonds is 2. The summed E-state index contributed by atoms with van der Waals surface area (Å²) in [6, 6.07) is 5.96. The van der Waals surface area contributed by atoms with Crippen LogP contribution in [0.2, 0.25) is 0 Å². The lowest BCUT2D eigenvalue weighted by molar-refractivity contribution is 0.207. The second kappa shape index (κ2) is 4.58. The molecule has 1 unspecified atom stereocenters. The molecule has 1 aromatic heterocycles. The van der Waals surface area contributed by atoms with Crippen LogP contribution in [0, 0.1) is 13.8 Å². The van der Waals surface area contributed by atoms with Crippen LogP contribution >= 0.6 is 15.9 Å². The first kappa shape index (κ1) is 12.3. The lowest BCUT2D eigenvalue weighted by atomic mass is 9.96. The van der Waals surface area contributed by atoms with Gasteiger partial charge in [-0.05, 0) is 46.5 Å². The van der Waals surface area contributed by atoms with Gasteiger partial charge in [-0.3, -0.25) is 0 Å². The molecule has 0 fully saturated rings. The number of aliphatic hydroxyl groups excluding tert-OH is 1. The molecule has 0 radical (unpaired) electrons. The zero-order valence-corrected chi connectivity index (χ0v) is 11.6. The number of hydrogen-bond donors (Lipinski definition) is 1. The molecule has 1 atom stereocenters. The molecule has 2 rings (SSSR count). The Morgan fingerprint density at radius 1 is 1.29 bits per heavy atom. The van der Waals surface area contributed by atoms with Crippen molar-refractivity contribution in [2.45, 2.75) is 20.0 Å². The van der Waals surface area contributed by atoms with E-state index in [-0.39, 0.29) is 0 Å². The first-order chi connectivity index (χ1) is 8.02. The van der Waals surface area contributed by atoms with Gasteiger partial charge in [0.1, 0.15) is 11.8 Å². The highest BCUT2D eigenvalue weighted by Gasteiger charge is 2.22. The van der Waals surface area contributed by atoms with E-state index in [4.69, 9.17) is 0 Å². The molecule has 0 bridgehead atoms. The van der Waals surface area contributed by atoms with E-state index in [1.54, 1.807) is 11.7 Å². The van der Waals surface area contributed by atoms with Gasteiger partial charge in [-0.1, -0.05) is 23.4 Å². The Kier molecular flexibility index (Phi) is 3.31. The Balaban J connectivity index is 2.55. The summed E-state index contributed by atoms with van der Waals surface area (Å²) in [5.74, 6) is 0. The highest BCUT2D eigenvalue weighted by molar-refractivity contribution is 9.10. The molecule has 0 saturated carbocycles. The van der Waals surface area contributed by atoms with Crippen molar-refractivity contribution in [1.29, 1.82) is 0 Å². The maximum atomic E-state index is 10.5. The highest BCUT2D eigenvalue weighted by atomic mass is 79.9. The molecule has 2 aromatic rings. The van der Waals surface area contributed by atoms with Crippen molar-refractivity contribution < 1.29 is 5.11 Å². The van der Waals surface area contributed by atoms with Crippen LogP contribution in [0.5, 0.6) is 0 Å². The van der Waals surface area contributed by atoms with Crippen LogP contribution in [0.25, 0.3) is 0 Å². The summed E-state index contributed by atoms with van der Waals surface area (Å²) in [5, 5.41) is 18.2. The van der Waals surface area contributed by atoms with Gasteiger partial charge in [0.15, 0.2) is 4.60 Å². The Labute approximate surface area is 108 Å². The summed E-state index contributed by atoms with van der Waals surface area (Å²) in [6.07, 6.45) is -0.717. The Morgan fingerprint density at radius 3 is 2.35 bits per heavy atom. The van der Waals surface area contributed by atoms with Crippen molar-refractivity contribution in [3.8, 4) is 0 Å². The summed E-state index contributed by atoms with van der Waals surface area (Å²) < 4.78 is 2.16. The predicted octanol–water partition coefficient (Wildman–Crippen LogP) is 2.28. The average molecular weight is 296 g/mol. The van der Waals surface area contributed by atoms with Gasteiger partial charge in [0, 0.05) is 7.05 Å². The molecule has 5 heteroatoms. The quantitative estimate of drug-likeness (QED) is 0.925. The summed E-state index contributed by atoms with van der Waals surface area (Å²) in [6.45, 7) is 3.98. The number of nitrogens with zero attached hydrogens (tertiary/aromatic N) is 3. The standard InChI is InChI=1S/C12H14BrN3O/c1-7-5-4-6-8(2)9(7)11(17)10-12(13)14-15-16(10)3/h4-6,11,17H,1-3H3. The Bertz CT molecular complexity index is 511. The number of halogens is 1. The third-order valence-corrected chi connectivity index (χ3v) is 3.47. The molecule has 0 aliphatic rings. The van der Waals surface area contributed by atoms with Gasteiger partial charge in [-0.2, -0.15) is 0 Å². The minimum absolute atomic E-state index is 0.579. The molecule has 0 aliphatic carbocycles. The van der Waals surface area contributed by atoms with Gasteiger partial charge in [0.25, 0.3) is 0 Å². The molecular weight excluding hydrogens is 282 g/mol. The molecule has 0 amide bonds. The molecule has 1 heterocycles. The van der Waals surface area contributed by atoms with Crippen LogP contribution in [0.4, 0.5) is 0 Å². The molecule has 0 saturated heterocycles. The van der Waals surface area contributed by atoms with Crippen molar-refractivity contribution in [3.05, 3.63) is 45.2 Å².